The van der Waals surface area contributed by atoms with Crippen LogP contribution >= 0.6 is 0 Å². The summed E-state index contributed by atoms with van der Waals surface area (Å²) in [4.78, 5) is 9.05. The van der Waals surface area contributed by atoms with Gasteiger partial charge in [0, 0.05) is 17.0 Å². The lowest BCUT2D eigenvalue weighted by Gasteiger charge is -1.92. The Morgan fingerprint density at radius 3 is 2.61 bits per heavy atom. The lowest BCUT2D eigenvalue weighted by molar-refractivity contribution is 0.380. The van der Waals surface area contributed by atoms with Gasteiger partial charge in [0.1, 0.15) is 5.52 Å². The molecule has 0 atom stereocenters. The maximum absolute atomic E-state index is 5.82. The Bertz CT molecular complexity index is 984. The zero-order valence-corrected chi connectivity index (χ0v) is 12.3. The second-order valence-corrected chi connectivity index (χ2v) is 5.80. The van der Waals surface area contributed by atoms with E-state index in [9.17, 15) is 0 Å². The standard InChI is InChI=1S/C18H13N3O2/c1-2-4-11(5-3-1)17-19-14-10-13(8-9-15(14)22-17)16-20-18(23-21-16)12-6-7-12/h1-5,8-10,12H,6-7H2. The van der Waals surface area contributed by atoms with Gasteiger partial charge in [-0.3, -0.25) is 0 Å². The molecule has 0 saturated heterocycles. The zero-order valence-electron chi connectivity index (χ0n) is 12.3. The minimum Gasteiger partial charge on any atom is -0.436 e. The number of hydrogen-bond acceptors (Lipinski definition) is 5. The fraction of sp³-hybridized carbons (Fsp3) is 0.167. The highest BCUT2D eigenvalue weighted by Gasteiger charge is 2.29. The van der Waals surface area contributed by atoms with Crippen LogP contribution in [0.2, 0.25) is 0 Å². The van der Waals surface area contributed by atoms with Gasteiger partial charge in [-0.2, -0.15) is 4.98 Å². The lowest BCUT2D eigenvalue weighted by atomic mass is 10.2. The molecular formula is C18H13N3O2. The second kappa shape index (κ2) is 4.78. The van der Waals surface area contributed by atoms with Gasteiger partial charge in [-0.15, -0.1) is 0 Å². The minimum absolute atomic E-state index is 0.455. The smallest absolute Gasteiger partial charge is 0.230 e. The van der Waals surface area contributed by atoms with Crippen LogP contribution in [0.25, 0.3) is 33.9 Å². The normalized spacial score (nSPS) is 14.4. The van der Waals surface area contributed by atoms with Crippen molar-refractivity contribution in [3.63, 3.8) is 0 Å². The van der Waals surface area contributed by atoms with Gasteiger partial charge in [0.25, 0.3) is 0 Å². The summed E-state index contributed by atoms with van der Waals surface area (Å²) in [6, 6.07) is 15.6. The number of nitrogens with zero attached hydrogens (tertiary/aromatic N) is 3. The number of oxazole rings is 1. The Balaban J connectivity index is 1.56. The van der Waals surface area contributed by atoms with Crippen LogP contribution in [-0.2, 0) is 0 Å². The molecule has 0 unspecified atom stereocenters. The van der Waals surface area contributed by atoms with E-state index in [-0.39, 0.29) is 0 Å². The molecule has 0 aliphatic heterocycles. The van der Waals surface area contributed by atoms with Gasteiger partial charge < -0.3 is 8.94 Å². The van der Waals surface area contributed by atoms with Gasteiger partial charge in [-0.25, -0.2) is 4.98 Å². The van der Waals surface area contributed by atoms with Crippen LogP contribution in [0.4, 0.5) is 0 Å². The summed E-state index contributed by atoms with van der Waals surface area (Å²) in [5, 5.41) is 4.07. The number of fused-ring (bicyclic) bond motifs is 1. The molecule has 23 heavy (non-hydrogen) atoms. The molecule has 1 fully saturated rings. The molecule has 2 aromatic carbocycles. The van der Waals surface area contributed by atoms with E-state index < -0.39 is 0 Å². The molecule has 0 bridgehead atoms. The third kappa shape index (κ3) is 2.21. The van der Waals surface area contributed by atoms with Crippen molar-refractivity contribution < 1.29 is 8.94 Å². The van der Waals surface area contributed by atoms with Crippen molar-refractivity contribution in [2.24, 2.45) is 0 Å². The van der Waals surface area contributed by atoms with E-state index in [4.69, 9.17) is 8.94 Å². The van der Waals surface area contributed by atoms with Crippen LogP contribution < -0.4 is 0 Å². The van der Waals surface area contributed by atoms with E-state index in [0.717, 1.165) is 41.0 Å². The summed E-state index contributed by atoms with van der Waals surface area (Å²) < 4.78 is 11.1. The average Bonchev–Trinajstić information content (AvgIpc) is 3.18. The van der Waals surface area contributed by atoms with Crippen LogP contribution in [0.15, 0.2) is 57.5 Å². The second-order valence-electron chi connectivity index (χ2n) is 5.80. The maximum atomic E-state index is 5.82. The molecule has 0 N–H and O–H groups in total. The molecule has 5 rings (SSSR count). The van der Waals surface area contributed by atoms with Crippen LogP contribution in [0, 0.1) is 0 Å². The summed E-state index contributed by atoms with van der Waals surface area (Å²) in [5.41, 5.74) is 3.39. The van der Waals surface area contributed by atoms with Crippen molar-refractivity contribution in [2.75, 3.05) is 0 Å². The fourth-order valence-electron chi connectivity index (χ4n) is 2.62. The van der Waals surface area contributed by atoms with Crippen molar-refractivity contribution in [3.05, 3.63) is 54.4 Å². The summed E-state index contributed by atoms with van der Waals surface area (Å²) >= 11 is 0. The molecule has 1 aliphatic carbocycles. The number of benzene rings is 2. The first kappa shape index (κ1) is 12.6. The van der Waals surface area contributed by atoms with Crippen molar-refractivity contribution in [3.8, 4) is 22.8 Å². The predicted octanol–water partition coefficient (Wildman–Crippen LogP) is 4.42. The van der Waals surface area contributed by atoms with E-state index in [1.165, 1.54) is 0 Å². The van der Waals surface area contributed by atoms with E-state index in [1.54, 1.807) is 0 Å². The van der Waals surface area contributed by atoms with Gasteiger partial charge in [0.2, 0.25) is 17.6 Å². The molecule has 2 heterocycles. The molecular weight excluding hydrogens is 290 g/mol. The summed E-state index contributed by atoms with van der Waals surface area (Å²) in [7, 11) is 0. The highest BCUT2D eigenvalue weighted by Crippen LogP contribution is 2.39. The van der Waals surface area contributed by atoms with E-state index >= 15 is 0 Å². The van der Waals surface area contributed by atoms with Gasteiger partial charge in [-0.1, -0.05) is 23.4 Å². The van der Waals surface area contributed by atoms with Gasteiger partial charge in [-0.05, 0) is 43.2 Å². The Kier molecular flexibility index (Phi) is 2.61. The van der Waals surface area contributed by atoms with E-state index in [2.05, 4.69) is 15.1 Å². The Morgan fingerprint density at radius 1 is 0.913 bits per heavy atom. The molecule has 5 heteroatoms. The molecule has 112 valence electrons. The molecule has 5 nitrogen and oxygen atoms in total. The monoisotopic (exact) mass is 303 g/mol. The predicted molar refractivity (Wildman–Crippen MR) is 84.7 cm³/mol. The summed E-state index contributed by atoms with van der Waals surface area (Å²) in [6.07, 6.45) is 2.29. The minimum atomic E-state index is 0.455. The van der Waals surface area contributed by atoms with Crippen LogP contribution in [0.1, 0.15) is 24.7 Å². The molecule has 0 spiro atoms. The highest BCUT2D eigenvalue weighted by molar-refractivity contribution is 5.81. The van der Waals surface area contributed by atoms with E-state index in [0.29, 0.717) is 17.6 Å². The van der Waals surface area contributed by atoms with Crippen LogP contribution in [0.3, 0.4) is 0 Å². The molecule has 0 radical (unpaired) electrons. The van der Waals surface area contributed by atoms with Crippen molar-refractivity contribution in [2.45, 2.75) is 18.8 Å². The lowest BCUT2D eigenvalue weighted by Crippen LogP contribution is -1.82. The molecule has 1 aliphatic rings. The highest BCUT2D eigenvalue weighted by atomic mass is 16.5. The molecule has 2 aromatic heterocycles. The number of hydrogen-bond donors (Lipinski definition) is 0. The first-order valence-electron chi connectivity index (χ1n) is 7.67. The molecule has 0 amide bonds. The van der Waals surface area contributed by atoms with Gasteiger partial charge >= 0.3 is 0 Å². The van der Waals surface area contributed by atoms with Crippen molar-refractivity contribution in [1.82, 2.24) is 15.1 Å². The third-order valence-electron chi connectivity index (χ3n) is 4.03. The quantitative estimate of drug-likeness (QED) is 0.560. The van der Waals surface area contributed by atoms with E-state index in [1.807, 2.05) is 48.5 Å². The Hall–Kier alpha value is -2.95. The molecule has 4 aromatic rings. The first-order valence-corrected chi connectivity index (χ1v) is 7.67. The SMILES string of the molecule is c1ccc(-c2nc3cc(-c4noc(C5CC5)n4)ccc3o2)cc1. The topological polar surface area (TPSA) is 65.0 Å². The third-order valence-corrected chi connectivity index (χ3v) is 4.03. The summed E-state index contributed by atoms with van der Waals surface area (Å²) in [5.74, 6) is 2.42. The van der Waals surface area contributed by atoms with Crippen LogP contribution in [0.5, 0.6) is 0 Å². The van der Waals surface area contributed by atoms with Crippen molar-refractivity contribution >= 4 is 11.1 Å². The largest absolute Gasteiger partial charge is 0.436 e. The molecule has 1 saturated carbocycles. The van der Waals surface area contributed by atoms with Gasteiger partial charge in [0.15, 0.2) is 5.58 Å². The Morgan fingerprint density at radius 2 is 1.78 bits per heavy atom. The van der Waals surface area contributed by atoms with Gasteiger partial charge in [0.05, 0.1) is 0 Å². The van der Waals surface area contributed by atoms with Crippen LogP contribution in [-0.4, -0.2) is 15.1 Å². The summed E-state index contributed by atoms with van der Waals surface area (Å²) in [6.45, 7) is 0. The maximum Gasteiger partial charge on any atom is 0.230 e. The van der Waals surface area contributed by atoms with Crippen molar-refractivity contribution in [1.29, 1.82) is 0 Å². The number of aromatic nitrogens is 3. The number of rotatable bonds is 3. The average molecular weight is 303 g/mol. The fourth-order valence-corrected chi connectivity index (χ4v) is 2.62. The zero-order chi connectivity index (χ0) is 15.2. The first-order chi connectivity index (χ1) is 11.4. The Labute approximate surface area is 132 Å².